The molecule has 1 saturated heterocycles. The normalized spacial score (nSPS) is 18.3. The van der Waals surface area contributed by atoms with Crippen LogP contribution in [-0.4, -0.2) is 62.2 Å². The molecule has 4 N–H and O–H groups in total. The second-order valence-corrected chi connectivity index (χ2v) is 6.72. The minimum atomic E-state index is -0.236. The molecule has 1 aromatic carbocycles. The van der Waals surface area contributed by atoms with E-state index in [1.165, 1.54) is 12.1 Å². The molecule has 0 saturated carbocycles. The zero-order valence-corrected chi connectivity index (χ0v) is 14.8. The first-order valence-corrected chi connectivity index (χ1v) is 8.95. The Morgan fingerprint density at radius 1 is 1.22 bits per heavy atom. The lowest BCUT2D eigenvalue weighted by Crippen LogP contribution is -2.53. The zero-order valence-electron chi connectivity index (χ0n) is 14.8. The number of aromatic nitrogens is 4. The zero-order chi connectivity index (χ0) is 18.8. The predicted molar refractivity (Wildman–Crippen MR) is 101 cm³/mol. The van der Waals surface area contributed by atoms with Crippen LogP contribution >= 0.6 is 0 Å². The number of halogens is 1. The number of nitrogens with zero attached hydrogens (tertiary/aromatic N) is 5. The van der Waals surface area contributed by atoms with E-state index in [1.807, 2.05) is 0 Å². The Morgan fingerprint density at radius 3 is 2.81 bits per heavy atom. The predicted octanol–water partition coefficient (Wildman–Crippen LogP) is 1.15. The first-order chi connectivity index (χ1) is 13.1. The van der Waals surface area contributed by atoms with Crippen molar-refractivity contribution in [3.63, 3.8) is 0 Å². The summed E-state index contributed by atoms with van der Waals surface area (Å²) in [5.41, 5.74) is 8.20. The molecule has 1 aliphatic rings. The lowest BCUT2D eigenvalue weighted by molar-refractivity contribution is 0.135. The van der Waals surface area contributed by atoms with E-state index in [-0.39, 0.29) is 24.4 Å². The van der Waals surface area contributed by atoms with E-state index in [1.54, 1.807) is 18.5 Å². The fourth-order valence-corrected chi connectivity index (χ4v) is 3.60. The molecule has 0 spiro atoms. The molecular formula is C18H22FN7O. The Labute approximate surface area is 155 Å². The summed E-state index contributed by atoms with van der Waals surface area (Å²) in [6, 6.07) is 6.70. The molecule has 1 unspecified atom stereocenters. The van der Waals surface area contributed by atoms with Gasteiger partial charge in [0.05, 0.1) is 6.33 Å². The number of aliphatic hydroxyl groups excluding tert-OH is 1. The lowest BCUT2D eigenvalue weighted by atomic mass is 10.1. The van der Waals surface area contributed by atoms with Crippen LogP contribution in [-0.2, 0) is 6.54 Å². The number of rotatable bonds is 5. The van der Waals surface area contributed by atoms with Gasteiger partial charge in [0.15, 0.2) is 11.5 Å². The van der Waals surface area contributed by atoms with E-state index in [2.05, 4.69) is 29.7 Å². The molecule has 4 rings (SSSR count). The minimum absolute atomic E-state index is 0.101. The molecule has 0 amide bonds. The lowest BCUT2D eigenvalue weighted by Gasteiger charge is -2.42. The molecule has 3 aromatic rings. The third-order valence-corrected chi connectivity index (χ3v) is 4.95. The van der Waals surface area contributed by atoms with E-state index in [0.29, 0.717) is 25.2 Å². The largest absolute Gasteiger partial charge is 0.396 e. The summed E-state index contributed by atoms with van der Waals surface area (Å²) in [5.74, 6) is 0.692. The van der Waals surface area contributed by atoms with Crippen LogP contribution in [0.1, 0.15) is 12.0 Å². The molecule has 2 aromatic heterocycles. The van der Waals surface area contributed by atoms with Crippen molar-refractivity contribution in [3.8, 4) is 0 Å². The van der Waals surface area contributed by atoms with Gasteiger partial charge in [0.25, 0.3) is 0 Å². The number of hydrogen-bond acceptors (Lipinski definition) is 7. The standard InChI is InChI=1S/C18H22FN7O/c19-13-3-1-12(2-4-13)9-25-6-7-26(10-14(25)5-8-27)17-15-16(22-11-21-15)23-18(20)24-17/h1-4,11,14,27H,5-10H2,(H3,20,21,22,23,24). The van der Waals surface area contributed by atoms with Crippen molar-refractivity contribution in [1.82, 2.24) is 24.8 Å². The Hall–Kier alpha value is -2.78. The van der Waals surface area contributed by atoms with Gasteiger partial charge in [-0.15, -0.1) is 0 Å². The first kappa shape index (κ1) is 17.6. The van der Waals surface area contributed by atoms with Crippen molar-refractivity contribution >= 4 is 22.9 Å². The Bertz CT molecular complexity index is 914. The minimum Gasteiger partial charge on any atom is -0.396 e. The molecule has 9 heteroatoms. The maximum absolute atomic E-state index is 13.2. The maximum atomic E-state index is 13.2. The van der Waals surface area contributed by atoms with Gasteiger partial charge in [0, 0.05) is 38.8 Å². The van der Waals surface area contributed by atoms with Gasteiger partial charge in [-0.1, -0.05) is 12.1 Å². The fourth-order valence-electron chi connectivity index (χ4n) is 3.60. The van der Waals surface area contributed by atoms with Gasteiger partial charge in [-0.25, -0.2) is 9.37 Å². The van der Waals surface area contributed by atoms with E-state index in [4.69, 9.17) is 5.73 Å². The van der Waals surface area contributed by atoms with Crippen molar-refractivity contribution in [1.29, 1.82) is 0 Å². The molecule has 8 nitrogen and oxygen atoms in total. The summed E-state index contributed by atoms with van der Waals surface area (Å²) >= 11 is 0. The number of benzene rings is 1. The van der Waals surface area contributed by atoms with Gasteiger partial charge in [-0.2, -0.15) is 9.97 Å². The molecule has 27 heavy (non-hydrogen) atoms. The van der Waals surface area contributed by atoms with Crippen molar-refractivity contribution in [2.24, 2.45) is 0 Å². The van der Waals surface area contributed by atoms with Gasteiger partial charge >= 0.3 is 0 Å². The summed E-state index contributed by atoms with van der Waals surface area (Å²) in [7, 11) is 0. The molecular weight excluding hydrogens is 349 g/mol. The smallest absolute Gasteiger partial charge is 0.224 e. The van der Waals surface area contributed by atoms with Gasteiger partial charge < -0.3 is 20.7 Å². The summed E-state index contributed by atoms with van der Waals surface area (Å²) in [5, 5.41) is 9.52. The van der Waals surface area contributed by atoms with E-state index < -0.39 is 0 Å². The Balaban J connectivity index is 1.55. The second kappa shape index (κ2) is 7.45. The number of H-pyrrole nitrogens is 1. The van der Waals surface area contributed by atoms with Crippen LogP contribution in [0.5, 0.6) is 0 Å². The van der Waals surface area contributed by atoms with E-state index in [9.17, 15) is 9.50 Å². The third-order valence-electron chi connectivity index (χ3n) is 4.95. The van der Waals surface area contributed by atoms with E-state index >= 15 is 0 Å². The van der Waals surface area contributed by atoms with Crippen molar-refractivity contribution < 1.29 is 9.50 Å². The van der Waals surface area contributed by atoms with Crippen LogP contribution in [0.2, 0.25) is 0 Å². The quantitative estimate of drug-likeness (QED) is 0.617. The van der Waals surface area contributed by atoms with E-state index in [0.717, 1.165) is 30.0 Å². The number of nitrogens with two attached hydrogens (primary N) is 1. The molecule has 0 aliphatic carbocycles. The number of anilines is 2. The monoisotopic (exact) mass is 371 g/mol. The molecule has 0 radical (unpaired) electrons. The van der Waals surface area contributed by atoms with Gasteiger partial charge in [-0.05, 0) is 24.1 Å². The molecule has 0 bridgehead atoms. The first-order valence-electron chi connectivity index (χ1n) is 8.95. The van der Waals surface area contributed by atoms with Gasteiger partial charge in [-0.3, -0.25) is 4.90 Å². The Morgan fingerprint density at radius 2 is 2.04 bits per heavy atom. The average molecular weight is 371 g/mol. The Kier molecular flexibility index (Phi) is 4.87. The highest BCUT2D eigenvalue weighted by atomic mass is 19.1. The molecule has 142 valence electrons. The SMILES string of the molecule is Nc1nc(N2CCN(Cc3ccc(F)cc3)C(CCO)C2)c2[nH]cnc2n1. The third kappa shape index (κ3) is 3.69. The van der Waals surface area contributed by atoms with Crippen molar-refractivity contribution in [3.05, 3.63) is 42.0 Å². The van der Waals surface area contributed by atoms with Crippen molar-refractivity contribution in [2.45, 2.75) is 19.0 Å². The molecule has 1 atom stereocenters. The summed E-state index contributed by atoms with van der Waals surface area (Å²) in [4.78, 5) is 20.3. The molecule has 1 fully saturated rings. The highest BCUT2D eigenvalue weighted by Gasteiger charge is 2.29. The highest BCUT2D eigenvalue weighted by molar-refractivity contribution is 5.84. The number of aromatic amines is 1. The number of imidazole rings is 1. The summed E-state index contributed by atoms with van der Waals surface area (Å²) in [6.45, 7) is 3.07. The van der Waals surface area contributed by atoms with Gasteiger partial charge in [0.1, 0.15) is 11.3 Å². The van der Waals surface area contributed by atoms with Crippen LogP contribution < -0.4 is 10.6 Å². The number of hydrogen-bond donors (Lipinski definition) is 3. The van der Waals surface area contributed by atoms with Crippen LogP contribution in [0.25, 0.3) is 11.2 Å². The average Bonchev–Trinajstić information content (AvgIpc) is 3.13. The summed E-state index contributed by atoms with van der Waals surface area (Å²) in [6.07, 6.45) is 2.22. The van der Waals surface area contributed by atoms with Crippen LogP contribution in [0.4, 0.5) is 16.2 Å². The highest BCUT2D eigenvalue weighted by Crippen LogP contribution is 2.26. The maximum Gasteiger partial charge on any atom is 0.224 e. The van der Waals surface area contributed by atoms with Crippen LogP contribution in [0, 0.1) is 5.82 Å². The summed E-state index contributed by atoms with van der Waals surface area (Å²) < 4.78 is 13.2. The van der Waals surface area contributed by atoms with Gasteiger partial charge in [0.2, 0.25) is 5.95 Å². The number of nitrogen functional groups attached to an aromatic ring is 1. The number of aliphatic hydroxyl groups is 1. The fraction of sp³-hybridized carbons (Fsp3) is 0.389. The number of nitrogens with one attached hydrogen (secondary N) is 1. The number of piperazine rings is 1. The van der Waals surface area contributed by atoms with Crippen LogP contribution in [0.3, 0.4) is 0 Å². The van der Waals surface area contributed by atoms with Crippen LogP contribution in [0.15, 0.2) is 30.6 Å². The molecule has 1 aliphatic heterocycles. The van der Waals surface area contributed by atoms with Crippen molar-refractivity contribution in [2.75, 3.05) is 36.9 Å². The topological polar surface area (TPSA) is 107 Å². The number of fused-ring (bicyclic) bond motifs is 1. The second-order valence-electron chi connectivity index (χ2n) is 6.72. The molecule has 3 heterocycles.